The minimum absolute atomic E-state index is 0.0416. The van der Waals surface area contributed by atoms with Gasteiger partial charge in [-0.25, -0.2) is 0 Å². The second-order valence-electron chi connectivity index (χ2n) is 6.71. The minimum Gasteiger partial charge on any atom is -0.491 e. The number of nitrogens with zero attached hydrogens (tertiary/aromatic N) is 1. The molecular weight excluding hydrogens is 278 g/mol. The number of ketones is 1. The number of ether oxygens (including phenoxy) is 1. The van der Waals surface area contributed by atoms with Crippen molar-refractivity contribution < 1.29 is 14.6 Å². The molecule has 1 saturated heterocycles. The van der Waals surface area contributed by atoms with Crippen LogP contribution in [-0.4, -0.2) is 48.1 Å². The first-order chi connectivity index (χ1) is 10.4. The Morgan fingerprint density at radius 1 is 1.27 bits per heavy atom. The Labute approximate surface area is 133 Å². The highest BCUT2D eigenvalue weighted by molar-refractivity contribution is 5.94. The third kappa shape index (κ3) is 5.11. The smallest absolute Gasteiger partial charge is 0.159 e. The van der Waals surface area contributed by atoms with Crippen molar-refractivity contribution >= 4 is 5.78 Å². The van der Waals surface area contributed by atoms with E-state index in [0.717, 1.165) is 13.1 Å². The van der Waals surface area contributed by atoms with E-state index in [1.807, 2.05) is 0 Å². The fraction of sp³-hybridized carbons (Fsp3) is 0.611. The Hall–Kier alpha value is -1.39. The van der Waals surface area contributed by atoms with E-state index in [1.54, 1.807) is 31.2 Å². The SMILES string of the molecule is CC(=O)c1ccc(OC[C@H](O)CN2C[C@H](C)C[C@@H](C)C2)cc1. The van der Waals surface area contributed by atoms with Gasteiger partial charge < -0.3 is 14.7 Å². The lowest BCUT2D eigenvalue weighted by molar-refractivity contribution is 0.0429. The summed E-state index contributed by atoms with van der Waals surface area (Å²) in [6, 6.07) is 7.04. The van der Waals surface area contributed by atoms with Crippen LogP contribution in [0.3, 0.4) is 0 Å². The molecule has 0 spiro atoms. The number of aliphatic hydroxyl groups is 1. The fourth-order valence-electron chi connectivity index (χ4n) is 3.27. The summed E-state index contributed by atoms with van der Waals surface area (Å²) in [5.41, 5.74) is 0.671. The first-order valence-corrected chi connectivity index (χ1v) is 8.08. The van der Waals surface area contributed by atoms with Crippen molar-refractivity contribution in [3.8, 4) is 5.75 Å². The molecule has 0 bridgehead atoms. The molecule has 1 aliphatic rings. The molecule has 0 aromatic heterocycles. The van der Waals surface area contributed by atoms with Gasteiger partial charge in [0.05, 0.1) is 0 Å². The van der Waals surface area contributed by atoms with Crippen LogP contribution in [-0.2, 0) is 0 Å². The van der Waals surface area contributed by atoms with Gasteiger partial charge in [-0.05, 0) is 49.4 Å². The van der Waals surface area contributed by atoms with Crippen molar-refractivity contribution in [1.82, 2.24) is 4.90 Å². The molecule has 4 heteroatoms. The molecule has 0 saturated carbocycles. The molecule has 0 amide bonds. The maximum absolute atomic E-state index is 11.2. The number of Topliss-reactive ketones (excluding diaryl/α,β-unsaturated/α-hetero) is 1. The van der Waals surface area contributed by atoms with Crippen LogP contribution in [0.25, 0.3) is 0 Å². The molecule has 0 aliphatic carbocycles. The zero-order valence-electron chi connectivity index (χ0n) is 13.8. The first-order valence-electron chi connectivity index (χ1n) is 8.08. The standard InChI is InChI=1S/C18H27NO3/c1-13-8-14(2)10-19(9-13)11-17(21)12-22-18-6-4-16(5-7-18)15(3)20/h4-7,13-14,17,21H,8-12H2,1-3H3/t13-,14-,17-/m1/s1. The molecule has 1 fully saturated rings. The quantitative estimate of drug-likeness (QED) is 0.821. The highest BCUT2D eigenvalue weighted by Crippen LogP contribution is 2.21. The van der Waals surface area contributed by atoms with Gasteiger partial charge in [-0.3, -0.25) is 4.79 Å². The second kappa shape index (κ2) is 7.75. The van der Waals surface area contributed by atoms with Gasteiger partial charge in [-0.15, -0.1) is 0 Å². The minimum atomic E-state index is -0.495. The van der Waals surface area contributed by atoms with Gasteiger partial charge in [-0.2, -0.15) is 0 Å². The van der Waals surface area contributed by atoms with Gasteiger partial charge in [0.25, 0.3) is 0 Å². The monoisotopic (exact) mass is 305 g/mol. The van der Waals surface area contributed by atoms with Crippen LogP contribution >= 0.6 is 0 Å². The van der Waals surface area contributed by atoms with Crippen molar-refractivity contribution in [3.05, 3.63) is 29.8 Å². The van der Waals surface area contributed by atoms with E-state index in [-0.39, 0.29) is 12.4 Å². The van der Waals surface area contributed by atoms with Crippen molar-refractivity contribution in [2.45, 2.75) is 33.3 Å². The number of piperidine rings is 1. The van der Waals surface area contributed by atoms with E-state index in [9.17, 15) is 9.90 Å². The van der Waals surface area contributed by atoms with E-state index >= 15 is 0 Å². The molecule has 22 heavy (non-hydrogen) atoms. The number of aliphatic hydroxyl groups excluding tert-OH is 1. The molecule has 2 rings (SSSR count). The second-order valence-corrected chi connectivity index (χ2v) is 6.71. The number of hydrogen-bond acceptors (Lipinski definition) is 4. The molecule has 0 radical (unpaired) electrons. The van der Waals surface area contributed by atoms with Crippen molar-refractivity contribution in [2.75, 3.05) is 26.2 Å². The normalized spacial score (nSPS) is 24.0. The maximum atomic E-state index is 11.2. The van der Waals surface area contributed by atoms with Crippen LogP contribution in [0.2, 0.25) is 0 Å². The summed E-state index contributed by atoms with van der Waals surface area (Å²) in [6.07, 6.45) is 0.774. The van der Waals surface area contributed by atoms with Gasteiger partial charge >= 0.3 is 0 Å². The highest BCUT2D eigenvalue weighted by atomic mass is 16.5. The van der Waals surface area contributed by atoms with E-state index in [0.29, 0.717) is 29.7 Å². The van der Waals surface area contributed by atoms with Crippen LogP contribution in [0, 0.1) is 11.8 Å². The Morgan fingerprint density at radius 2 is 1.86 bits per heavy atom. The van der Waals surface area contributed by atoms with E-state index in [2.05, 4.69) is 18.7 Å². The summed E-state index contributed by atoms with van der Waals surface area (Å²) < 4.78 is 5.61. The summed E-state index contributed by atoms with van der Waals surface area (Å²) in [6.45, 7) is 9.10. The van der Waals surface area contributed by atoms with Crippen LogP contribution in [0.5, 0.6) is 5.75 Å². The molecule has 1 aromatic rings. The summed E-state index contributed by atoms with van der Waals surface area (Å²) in [5, 5.41) is 10.2. The molecule has 1 N–H and O–H groups in total. The molecule has 1 aliphatic heterocycles. The highest BCUT2D eigenvalue weighted by Gasteiger charge is 2.23. The molecule has 0 unspecified atom stereocenters. The predicted molar refractivity (Wildman–Crippen MR) is 87.3 cm³/mol. The number of β-amino-alcohol motifs (C(OH)–C–C–N with tert-alkyl or cyclic N) is 1. The fourth-order valence-corrected chi connectivity index (χ4v) is 3.27. The number of carbonyl (C=O) groups excluding carboxylic acids is 1. The molecule has 4 nitrogen and oxygen atoms in total. The number of likely N-dealkylation sites (tertiary alicyclic amines) is 1. The number of hydrogen-bond donors (Lipinski definition) is 1. The first kappa shape index (κ1) is 17.0. The van der Waals surface area contributed by atoms with Crippen molar-refractivity contribution in [2.24, 2.45) is 11.8 Å². The Kier molecular flexibility index (Phi) is 5.98. The zero-order valence-corrected chi connectivity index (χ0v) is 13.8. The van der Waals surface area contributed by atoms with E-state index in [4.69, 9.17) is 4.74 Å². The molecular formula is C18H27NO3. The van der Waals surface area contributed by atoms with Crippen LogP contribution < -0.4 is 4.74 Å². The summed E-state index contributed by atoms with van der Waals surface area (Å²) in [4.78, 5) is 13.5. The van der Waals surface area contributed by atoms with E-state index in [1.165, 1.54) is 6.42 Å². The van der Waals surface area contributed by atoms with E-state index < -0.39 is 6.10 Å². The lowest BCUT2D eigenvalue weighted by atomic mass is 9.92. The molecule has 1 aromatic carbocycles. The third-order valence-electron chi connectivity index (χ3n) is 4.12. The lowest BCUT2D eigenvalue weighted by Crippen LogP contribution is -2.43. The molecule has 3 atom stereocenters. The molecule has 122 valence electrons. The molecule has 1 heterocycles. The zero-order chi connectivity index (χ0) is 16.1. The van der Waals surface area contributed by atoms with Gasteiger partial charge in [0.1, 0.15) is 18.5 Å². The Balaban J connectivity index is 1.77. The Bertz CT molecular complexity index is 476. The maximum Gasteiger partial charge on any atom is 0.159 e. The Morgan fingerprint density at radius 3 is 2.41 bits per heavy atom. The number of benzene rings is 1. The average Bonchev–Trinajstić information content (AvgIpc) is 2.44. The average molecular weight is 305 g/mol. The van der Waals surface area contributed by atoms with Crippen molar-refractivity contribution in [3.63, 3.8) is 0 Å². The summed E-state index contributed by atoms with van der Waals surface area (Å²) in [5.74, 6) is 2.11. The lowest BCUT2D eigenvalue weighted by Gasteiger charge is -2.35. The largest absolute Gasteiger partial charge is 0.491 e. The number of carbonyl (C=O) groups is 1. The van der Waals surface area contributed by atoms with Gasteiger partial charge in [0.15, 0.2) is 5.78 Å². The van der Waals surface area contributed by atoms with Gasteiger partial charge in [0, 0.05) is 25.2 Å². The van der Waals surface area contributed by atoms with Crippen LogP contribution in [0.1, 0.15) is 37.6 Å². The van der Waals surface area contributed by atoms with Crippen LogP contribution in [0.15, 0.2) is 24.3 Å². The van der Waals surface area contributed by atoms with Crippen LogP contribution in [0.4, 0.5) is 0 Å². The van der Waals surface area contributed by atoms with Gasteiger partial charge in [-0.1, -0.05) is 13.8 Å². The predicted octanol–water partition coefficient (Wildman–Crippen LogP) is 2.61. The third-order valence-corrected chi connectivity index (χ3v) is 4.12. The summed E-state index contributed by atoms with van der Waals surface area (Å²) in [7, 11) is 0. The van der Waals surface area contributed by atoms with Gasteiger partial charge in [0.2, 0.25) is 0 Å². The topological polar surface area (TPSA) is 49.8 Å². The summed E-state index contributed by atoms with van der Waals surface area (Å²) >= 11 is 0. The van der Waals surface area contributed by atoms with Crippen molar-refractivity contribution in [1.29, 1.82) is 0 Å². The number of rotatable bonds is 6.